The average Bonchev–Trinajstić information content (AvgIpc) is 2.74. The van der Waals surface area contributed by atoms with E-state index >= 15 is 0 Å². The minimum absolute atomic E-state index is 0.0728. The molecule has 3 rings (SSSR count). The predicted octanol–water partition coefficient (Wildman–Crippen LogP) is 5.21. The van der Waals surface area contributed by atoms with Crippen molar-refractivity contribution < 1.29 is 22.7 Å². The van der Waals surface area contributed by atoms with Gasteiger partial charge in [0.25, 0.3) is 0 Å². The number of hydrogen-bond acceptors (Lipinski definition) is 1. The van der Waals surface area contributed by atoms with E-state index in [4.69, 9.17) is 11.6 Å². The number of alkyl halides is 3. The number of aromatic nitrogens is 1. The summed E-state index contributed by atoms with van der Waals surface area (Å²) < 4.78 is 52.4. The number of fused-ring (bicyclic) bond motifs is 1. The molecule has 0 bridgehead atoms. The lowest BCUT2D eigenvalue weighted by Crippen LogP contribution is -2.05. The number of nitrogens with zero attached hydrogens (tertiary/aromatic N) is 1. The summed E-state index contributed by atoms with van der Waals surface area (Å²) in [6, 6.07) is 6.92. The van der Waals surface area contributed by atoms with Crippen molar-refractivity contribution in [2.75, 3.05) is 0 Å². The van der Waals surface area contributed by atoms with Crippen molar-refractivity contribution in [3.8, 4) is 5.88 Å². The van der Waals surface area contributed by atoms with Gasteiger partial charge >= 0.3 is 6.18 Å². The van der Waals surface area contributed by atoms with Crippen molar-refractivity contribution in [2.24, 2.45) is 0 Å². The Morgan fingerprint density at radius 1 is 1.09 bits per heavy atom. The van der Waals surface area contributed by atoms with Gasteiger partial charge in [-0.25, -0.2) is 4.39 Å². The molecule has 0 spiro atoms. The molecule has 3 aromatic rings. The highest BCUT2D eigenvalue weighted by Crippen LogP contribution is 2.35. The summed E-state index contributed by atoms with van der Waals surface area (Å²) in [7, 11) is 0. The summed E-state index contributed by atoms with van der Waals surface area (Å²) in [5, 5.41) is 11.0. The molecule has 120 valence electrons. The van der Waals surface area contributed by atoms with E-state index in [2.05, 4.69) is 0 Å². The molecule has 0 atom stereocenters. The molecule has 0 radical (unpaired) electrons. The van der Waals surface area contributed by atoms with Gasteiger partial charge in [0.2, 0.25) is 5.88 Å². The van der Waals surface area contributed by atoms with Gasteiger partial charge < -0.3 is 9.67 Å². The monoisotopic (exact) mass is 343 g/mol. The molecule has 7 heteroatoms. The molecule has 0 aliphatic heterocycles. The molecule has 0 saturated heterocycles. The normalized spacial score (nSPS) is 12.0. The Kier molecular flexibility index (Phi) is 3.72. The number of benzene rings is 2. The Bertz CT molecular complexity index is 868. The van der Waals surface area contributed by atoms with Crippen LogP contribution in [-0.4, -0.2) is 9.67 Å². The Hall–Kier alpha value is -2.21. The zero-order valence-electron chi connectivity index (χ0n) is 11.5. The minimum atomic E-state index is -4.39. The Balaban J connectivity index is 1.96. The summed E-state index contributed by atoms with van der Waals surface area (Å²) >= 11 is 5.92. The average molecular weight is 344 g/mol. The maximum atomic E-state index is 13.3. The first-order valence-electron chi connectivity index (χ1n) is 6.58. The van der Waals surface area contributed by atoms with Gasteiger partial charge in [0.15, 0.2) is 0 Å². The van der Waals surface area contributed by atoms with E-state index in [1.807, 2.05) is 0 Å². The molecule has 2 nitrogen and oxygen atoms in total. The highest BCUT2D eigenvalue weighted by Gasteiger charge is 2.29. The molecule has 0 aliphatic carbocycles. The molecule has 1 aromatic heterocycles. The molecule has 0 saturated carbocycles. The lowest BCUT2D eigenvalue weighted by Gasteiger charge is -2.09. The van der Waals surface area contributed by atoms with Crippen LogP contribution in [0.25, 0.3) is 10.8 Å². The van der Waals surface area contributed by atoms with E-state index in [0.717, 1.165) is 18.2 Å². The third kappa shape index (κ3) is 2.99. The second-order valence-electron chi connectivity index (χ2n) is 5.13. The van der Waals surface area contributed by atoms with Crippen LogP contribution in [0.15, 0.2) is 42.6 Å². The summed E-state index contributed by atoms with van der Waals surface area (Å²) in [6.45, 7) is 0.136. The van der Waals surface area contributed by atoms with E-state index in [9.17, 15) is 22.7 Å². The SMILES string of the molecule is Oc1c2c(Cl)cc(F)cc2cn1Cc1ccc(C(F)(F)F)cc1. The Labute approximate surface area is 133 Å². The van der Waals surface area contributed by atoms with Crippen LogP contribution in [0.5, 0.6) is 5.88 Å². The van der Waals surface area contributed by atoms with Crippen molar-refractivity contribution in [1.82, 2.24) is 4.57 Å². The van der Waals surface area contributed by atoms with Crippen LogP contribution in [0.2, 0.25) is 5.02 Å². The summed E-state index contributed by atoms with van der Waals surface area (Å²) in [6.07, 6.45) is -2.90. The van der Waals surface area contributed by atoms with Gasteiger partial charge in [0.1, 0.15) is 5.82 Å². The van der Waals surface area contributed by atoms with Crippen LogP contribution < -0.4 is 0 Å². The summed E-state index contributed by atoms with van der Waals surface area (Å²) in [5.74, 6) is -0.695. The maximum Gasteiger partial charge on any atom is 0.416 e. The lowest BCUT2D eigenvalue weighted by atomic mass is 10.1. The van der Waals surface area contributed by atoms with Gasteiger partial charge in [-0.1, -0.05) is 23.7 Å². The third-order valence-electron chi connectivity index (χ3n) is 3.51. The molecule has 0 unspecified atom stereocenters. The fourth-order valence-electron chi connectivity index (χ4n) is 2.42. The molecule has 1 heterocycles. The third-order valence-corrected chi connectivity index (χ3v) is 3.81. The van der Waals surface area contributed by atoms with Gasteiger partial charge in [-0.3, -0.25) is 0 Å². The molecule has 0 aliphatic rings. The molecule has 0 fully saturated rings. The standard InChI is InChI=1S/C16H10ClF4NO/c17-13-6-12(18)5-10-8-22(15(23)14(10)13)7-9-1-3-11(4-2-9)16(19,20)21/h1-6,8,23H,7H2. The maximum absolute atomic E-state index is 13.3. The molecule has 23 heavy (non-hydrogen) atoms. The molecular formula is C16H10ClF4NO. The van der Waals surface area contributed by atoms with Crippen molar-refractivity contribution in [3.63, 3.8) is 0 Å². The molecule has 0 amide bonds. The second kappa shape index (κ2) is 5.45. The van der Waals surface area contributed by atoms with Crippen LogP contribution in [0.3, 0.4) is 0 Å². The smallest absolute Gasteiger partial charge is 0.416 e. The largest absolute Gasteiger partial charge is 0.494 e. The quantitative estimate of drug-likeness (QED) is 0.635. The number of hydrogen-bond donors (Lipinski definition) is 1. The van der Waals surface area contributed by atoms with Gasteiger partial charge in [0.05, 0.1) is 22.5 Å². The first kappa shape index (κ1) is 15.7. The Morgan fingerprint density at radius 2 is 1.74 bits per heavy atom. The topological polar surface area (TPSA) is 25.2 Å². The van der Waals surface area contributed by atoms with Crippen LogP contribution in [0.1, 0.15) is 11.1 Å². The van der Waals surface area contributed by atoms with E-state index in [1.165, 1.54) is 29.0 Å². The highest BCUT2D eigenvalue weighted by molar-refractivity contribution is 6.36. The molecule has 2 aromatic carbocycles. The van der Waals surface area contributed by atoms with Crippen molar-refractivity contribution in [3.05, 3.63) is 64.6 Å². The first-order valence-corrected chi connectivity index (χ1v) is 6.96. The second-order valence-corrected chi connectivity index (χ2v) is 5.53. The van der Waals surface area contributed by atoms with Crippen LogP contribution in [0.4, 0.5) is 17.6 Å². The van der Waals surface area contributed by atoms with E-state index in [0.29, 0.717) is 16.3 Å². The zero-order chi connectivity index (χ0) is 16.8. The van der Waals surface area contributed by atoms with Crippen LogP contribution >= 0.6 is 11.6 Å². The van der Waals surface area contributed by atoms with Crippen molar-refractivity contribution >= 4 is 22.4 Å². The fourth-order valence-corrected chi connectivity index (χ4v) is 2.72. The van der Waals surface area contributed by atoms with Gasteiger partial charge in [-0.2, -0.15) is 13.2 Å². The van der Waals surface area contributed by atoms with E-state index < -0.39 is 17.6 Å². The van der Waals surface area contributed by atoms with E-state index in [1.54, 1.807) is 0 Å². The minimum Gasteiger partial charge on any atom is -0.494 e. The van der Waals surface area contributed by atoms with E-state index in [-0.39, 0.29) is 17.4 Å². The van der Waals surface area contributed by atoms with Crippen molar-refractivity contribution in [1.29, 1.82) is 0 Å². The summed E-state index contributed by atoms with van der Waals surface area (Å²) in [4.78, 5) is 0. The van der Waals surface area contributed by atoms with Crippen LogP contribution in [-0.2, 0) is 12.7 Å². The van der Waals surface area contributed by atoms with Gasteiger partial charge in [0, 0.05) is 11.6 Å². The number of aromatic hydroxyl groups is 1. The molecular weight excluding hydrogens is 334 g/mol. The predicted molar refractivity (Wildman–Crippen MR) is 79.1 cm³/mol. The molecule has 1 N–H and O–H groups in total. The zero-order valence-corrected chi connectivity index (χ0v) is 12.3. The summed E-state index contributed by atoms with van der Waals surface area (Å²) in [5.41, 5.74) is -0.182. The first-order chi connectivity index (χ1) is 10.8. The van der Waals surface area contributed by atoms with Gasteiger partial charge in [-0.05, 0) is 29.8 Å². The fraction of sp³-hybridized carbons (Fsp3) is 0.125. The number of rotatable bonds is 2. The highest BCUT2D eigenvalue weighted by atomic mass is 35.5. The van der Waals surface area contributed by atoms with Crippen molar-refractivity contribution in [2.45, 2.75) is 12.7 Å². The Morgan fingerprint density at radius 3 is 2.35 bits per heavy atom. The van der Waals surface area contributed by atoms with Gasteiger partial charge in [-0.15, -0.1) is 0 Å². The van der Waals surface area contributed by atoms with Crippen LogP contribution in [0, 0.1) is 5.82 Å². The lowest BCUT2D eigenvalue weighted by molar-refractivity contribution is -0.137. The number of halogens is 5.